The van der Waals surface area contributed by atoms with Gasteiger partial charge in [-0.05, 0) is 73.5 Å². The van der Waals surface area contributed by atoms with E-state index in [9.17, 15) is 19.2 Å². The maximum atomic E-state index is 12.9. The fraction of sp³-hybridized carbons (Fsp3) is 0.154. The average Bonchev–Trinajstić information content (AvgIpc) is 3.09. The van der Waals surface area contributed by atoms with Crippen LogP contribution in [0.25, 0.3) is 0 Å². The molecule has 7 nitrogen and oxygen atoms in total. The topological polar surface area (TPSA) is 92.8 Å². The molecule has 0 saturated carbocycles. The maximum absolute atomic E-state index is 12.9. The summed E-state index contributed by atoms with van der Waals surface area (Å²) in [6, 6.07) is 17.8. The summed E-state index contributed by atoms with van der Waals surface area (Å²) in [4.78, 5) is 51.8. The lowest BCUT2D eigenvalue weighted by Gasteiger charge is -2.14. The van der Waals surface area contributed by atoms with Gasteiger partial charge in [-0.1, -0.05) is 30.7 Å². The normalized spacial score (nSPS) is 13.4. The van der Waals surface area contributed by atoms with E-state index in [1.165, 1.54) is 25.1 Å². The number of hydrogen-bond acceptors (Lipinski definition) is 5. The number of carbonyl (C=O) groups excluding carboxylic acids is 4. The number of aryl methyl sites for hydroxylation is 1. The molecule has 0 aliphatic carbocycles. The van der Waals surface area contributed by atoms with E-state index in [4.69, 9.17) is 16.3 Å². The number of hydrogen-bond donors (Lipinski definition) is 1. The Balaban J connectivity index is 1.46. The molecule has 3 amide bonds. The Morgan fingerprint density at radius 2 is 1.59 bits per heavy atom. The molecule has 1 aliphatic heterocycles. The van der Waals surface area contributed by atoms with E-state index < -0.39 is 29.8 Å². The van der Waals surface area contributed by atoms with Crippen LogP contribution in [0.4, 0.5) is 11.4 Å². The fourth-order valence-electron chi connectivity index (χ4n) is 3.54. The van der Waals surface area contributed by atoms with Crippen molar-refractivity contribution in [2.24, 2.45) is 0 Å². The number of anilines is 2. The van der Waals surface area contributed by atoms with Gasteiger partial charge in [0.25, 0.3) is 17.7 Å². The van der Waals surface area contributed by atoms with E-state index in [2.05, 4.69) is 5.32 Å². The zero-order chi connectivity index (χ0) is 24.4. The van der Waals surface area contributed by atoms with Gasteiger partial charge in [-0.2, -0.15) is 0 Å². The van der Waals surface area contributed by atoms with E-state index in [1.807, 2.05) is 19.1 Å². The van der Waals surface area contributed by atoms with Crippen LogP contribution in [-0.4, -0.2) is 29.8 Å². The first-order valence-corrected chi connectivity index (χ1v) is 11.1. The smallest absolute Gasteiger partial charge is 0.338 e. The number of carbonyl (C=O) groups is 4. The monoisotopic (exact) mass is 476 g/mol. The standard InChI is InChI=1S/C26H21ClN2O5/c1-3-16-4-9-19(10-5-16)28-23(30)15(2)34-26(33)17-6-13-21-22(14-17)25(32)29(24(21)31)20-11-7-18(27)8-12-20/h4-15H,3H2,1-2H3,(H,28,30). The molecule has 0 spiro atoms. The van der Waals surface area contributed by atoms with Crippen LogP contribution in [0.5, 0.6) is 0 Å². The third kappa shape index (κ3) is 4.56. The van der Waals surface area contributed by atoms with E-state index in [0.717, 1.165) is 16.9 Å². The lowest BCUT2D eigenvalue weighted by Crippen LogP contribution is -2.30. The molecule has 1 heterocycles. The lowest BCUT2D eigenvalue weighted by atomic mass is 10.1. The van der Waals surface area contributed by atoms with Crippen LogP contribution < -0.4 is 10.2 Å². The molecular weight excluding hydrogens is 456 g/mol. The average molecular weight is 477 g/mol. The molecule has 0 fully saturated rings. The minimum atomic E-state index is -1.07. The van der Waals surface area contributed by atoms with E-state index in [0.29, 0.717) is 16.4 Å². The Morgan fingerprint density at radius 1 is 0.941 bits per heavy atom. The SMILES string of the molecule is CCc1ccc(NC(=O)C(C)OC(=O)c2ccc3c(c2)C(=O)N(c2ccc(Cl)cc2)C3=O)cc1. The molecule has 34 heavy (non-hydrogen) atoms. The van der Waals surface area contributed by atoms with Gasteiger partial charge >= 0.3 is 5.97 Å². The molecule has 3 aromatic carbocycles. The largest absolute Gasteiger partial charge is 0.449 e. The van der Waals surface area contributed by atoms with Gasteiger partial charge in [0, 0.05) is 10.7 Å². The van der Waals surface area contributed by atoms with Crippen molar-refractivity contribution in [2.45, 2.75) is 26.4 Å². The number of esters is 1. The number of fused-ring (bicyclic) bond motifs is 1. The van der Waals surface area contributed by atoms with Gasteiger partial charge in [-0.25, -0.2) is 9.69 Å². The molecule has 8 heteroatoms. The second kappa shape index (κ2) is 9.49. The van der Waals surface area contributed by atoms with Gasteiger partial charge in [0.2, 0.25) is 0 Å². The van der Waals surface area contributed by atoms with E-state index in [1.54, 1.807) is 36.4 Å². The first kappa shape index (κ1) is 23.2. The van der Waals surface area contributed by atoms with Crippen molar-refractivity contribution < 1.29 is 23.9 Å². The Labute approximate surface area is 201 Å². The first-order valence-electron chi connectivity index (χ1n) is 10.7. The summed E-state index contributed by atoms with van der Waals surface area (Å²) >= 11 is 5.89. The van der Waals surface area contributed by atoms with Crippen molar-refractivity contribution in [1.82, 2.24) is 0 Å². The highest BCUT2D eigenvalue weighted by Crippen LogP contribution is 2.30. The third-order valence-electron chi connectivity index (χ3n) is 5.49. The van der Waals surface area contributed by atoms with Crippen molar-refractivity contribution in [3.8, 4) is 0 Å². The number of amides is 3. The lowest BCUT2D eigenvalue weighted by molar-refractivity contribution is -0.123. The number of nitrogens with one attached hydrogen (secondary N) is 1. The van der Waals surface area contributed by atoms with Crippen molar-refractivity contribution in [3.05, 3.63) is 94.0 Å². The Bertz CT molecular complexity index is 1290. The Hall–Kier alpha value is -3.97. The predicted molar refractivity (Wildman–Crippen MR) is 128 cm³/mol. The fourth-order valence-corrected chi connectivity index (χ4v) is 3.67. The van der Waals surface area contributed by atoms with Crippen LogP contribution in [-0.2, 0) is 16.0 Å². The van der Waals surface area contributed by atoms with Gasteiger partial charge in [0.1, 0.15) is 0 Å². The summed E-state index contributed by atoms with van der Waals surface area (Å²) in [6.07, 6.45) is -0.191. The minimum absolute atomic E-state index is 0.0600. The highest BCUT2D eigenvalue weighted by molar-refractivity contribution is 6.35. The van der Waals surface area contributed by atoms with Gasteiger partial charge in [0.15, 0.2) is 6.10 Å². The van der Waals surface area contributed by atoms with Crippen LogP contribution in [0.1, 0.15) is 50.5 Å². The number of benzene rings is 3. The predicted octanol–water partition coefficient (Wildman–Crippen LogP) is 4.89. The van der Waals surface area contributed by atoms with Crippen molar-refractivity contribution in [2.75, 3.05) is 10.2 Å². The zero-order valence-electron chi connectivity index (χ0n) is 18.5. The van der Waals surface area contributed by atoms with Crippen LogP contribution in [0.2, 0.25) is 5.02 Å². The molecule has 1 unspecified atom stereocenters. The van der Waals surface area contributed by atoms with Crippen molar-refractivity contribution >= 4 is 46.7 Å². The second-order valence-electron chi connectivity index (χ2n) is 7.77. The minimum Gasteiger partial charge on any atom is -0.449 e. The number of rotatable bonds is 6. The number of imide groups is 1. The van der Waals surface area contributed by atoms with E-state index in [-0.39, 0.29) is 16.7 Å². The summed E-state index contributed by atoms with van der Waals surface area (Å²) in [6.45, 7) is 3.49. The molecule has 1 N–H and O–H groups in total. The van der Waals surface area contributed by atoms with Crippen molar-refractivity contribution in [1.29, 1.82) is 0 Å². The zero-order valence-corrected chi connectivity index (χ0v) is 19.3. The molecular formula is C26H21ClN2O5. The molecule has 0 bridgehead atoms. The van der Waals surface area contributed by atoms with Gasteiger partial charge in [-0.15, -0.1) is 0 Å². The molecule has 0 saturated heterocycles. The molecule has 172 valence electrons. The quantitative estimate of drug-likeness (QED) is 0.404. The Kier molecular flexibility index (Phi) is 6.47. The molecule has 0 aromatic heterocycles. The highest BCUT2D eigenvalue weighted by atomic mass is 35.5. The third-order valence-corrected chi connectivity index (χ3v) is 5.74. The summed E-state index contributed by atoms with van der Waals surface area (Å²) < 4.78 is 5.29. The molecule has 1 aliphatic rings. The number of ether oxygens (including phenoxy) is 1. The number of nitrogens with zero attached hydrogens (tertiary/aromatic N) is 1. The summed E-state index contributed by atoms with van der Waals surface area (Å²) in [5.74, 6) is -2.32. The van der Waals surface area contributed by atoms with Crippen LogP contribution in [0, 0.1) is 0 Å². The number of halogens is 1. The second-order valence-corrected chi connectivity index (χ2v) is 8.21. The first-order chi connectivity index (χ1) is 16.3. The molecule has 4 rings (SSSR count). The molecule has 3 aromatic rings. The maximum Gasteiger partial charge on any atom is 0.338 e. The van der Waals surface area contributed by atoms with Crippen LogP contribution in [0.15, 0.2) is 66.7 Å². The van der Waals surface area contributed by atoms with E-state index >= 15 is 0 Å². The summed E-state index contributed by atoms with van der Waals surface area (Å²) in [7, 11) is 0. The van der Waals surface area contributed by atoms with Gasteiger partial charge in [0.05, 0.1) is 22.4 Å². The summed E-state index contributed by atoms with van der Waals surface area (Å²) in [5, 5.41) is 3.17. The van der Waals surface area contributed by atoms with Crippen molar-refractivity contribution in [3.63, 3.8) is 0 Å². The van der Waals surface area contributed by atoms with Crippen LogP contribution >= 0.6 is 11.6 Å². The highest BCUT2D eigenvalue weighted by Gasteiger charge is 2.37. The van der Waals surface area contributed by atoms with Gasteiger partial charge in [-0.3, -0.25) is 14.4 Å². The van der Waals surface area contributed by atoms with Gasteiger partial charge < -0.3 is 10.1 Å². The van der Waals surface area contributed by atoms with Crippen LogP contribution in [0.3, 0.4) is 0 Å². The molecule has 0 radical (unpaired) electrons. The molecule has 1 atom stereocenters. The summed E-state index contributed by atoms with van der Waals surface area (Å²) in [5.41, 5.74) is 2.42. The Morgan fingerprint density at radius 3 is 2.24 bits per heavy atom.